The predicted molar refractivity (Wildman–Crippen MR) is 55.1 cm³/mol. The molecule has 0 aromatic carbocycles. The van der Waals surface area contributed by atoms with Crippen molar-refractivity contribution in [1.29, 1.82) is 0 Å². The highest BCUT2D eigenvalue weighted by Gasteiger charge is 2.45. The van der Waals surface area contributed by atoms with Crippen LogP contribution in [0.5, 0.6) is 0 Å². The van der Waals surface area contributed by atoms with Crippen molar-refractivity contribution in [2.24, 2.45) is 5.41 Å². The van der Waals surface area contributed by atoms with Crippen LogP contribution in [0, 0.1) is 17.8 Å². The second-order valence-corrected chi connectivity index (χ2v) is 4.47. The minimum atomic E-state index is -0.402. The van der Waals surface area contributed by atoms with Crippen LogP contribution in [0.4, 0.5) is 0 Å². The lowest BCUT2D eigenvalue weighted by Crippen LogP contribution is -2.40. The third-order valence-corrected chi connectivity index (χ3v) is 3.53. The minimum absolute atomic E-state index is 0.324. The van der Waals surface area contributed by atoms with Crippen LogP contribution in [0.25, 0.3) is 0 Å². The second kappa shape index (κ2) is 3.96. The first-order chi connectivity index (χ1) is 7.24. The van der Waals surface area contributed by atoms with Crippen LogP contribution in [0.2, 0.25) is 0 Å². The molecular weight excluding hydrogens is 192 g/mol. The third-order valence-electron chi connectivity index (χ3n) is 3.53. The zero-order valence-electron chi connectivity index (χ0n) is 8.83. The summed E-state index contributed by atoms with van der Waals surface area (Å²) < 4.78 is 11.2. The fourth-order valence-electron chi connectivity index (χ4n) is 2.45. The molecule has 0 aromatic rings. The Hall–Kier alpha value is -0.850. The fourth-order valence-corrected chi connectivity index (χ4v) is 2.45. The molecule has 0 bridgehead atoms. The van der Waals surface area contributed by atoms with E-state index in [-0.39, 0.29) is 5.41 Å². The van der Waals surface area contributed by atoms with Crippen LogP contribution in [0.1, 0.15) is 32.1 Å². The van der Waals surface area contributed by atoms with Gasteiger partial charge in [0.05, 0.1) is 13.2 Å². The van der Waals surface area contributed by atoms with Crippen LogP contribution in [-0.2, 0) is 14.3 Å². The number of hydrogen-bond acceptors (Lipinski definition) is 3. The molecule has 1 spiro atoms. The Bertz CT molecular complexity index is 274. The van der Waals surface area contributed by atoms with Crippen LogP contribution in [-0.4, -0.2) is 25.3 Å². The highest BCUT2D eigenvalue weighted by atomic mass is 16.7. The molecule has 2 aliphatic rings. The van der Waals surface area contributed by atoms with E-state index >= 15 is 0 Å². The van der Waals surface area contributed by atoms with E-state index in [1.54, 1.807) is 0 Å². The highest BCUT2D eigenvalue weighted by Crippen LogP contribution is 2.45. The summed E-state index contributed by atoms with van der Waals surface area (Å²) >= 11 is 0. The van der Waals surface area contributed by atoms with Crippen LogP contribution < -0.4 is 0 Å². The first-order valence-corrected chi connectivity index (χ1v) is 5.42. The normalized spacial score (nSPS) is 27.4. The molecule has 0 atom stereocenters. The Morgan fingerprint density at radius 1 is 1.20 bits per heavy atom. The number of aldehydes is 1. The highest BCUT2D eigenvalue weighted by molar-refractivity contribution is 5.60. The van der Waals surface area contributed by atoms with Gasteiger partial charge in [-0.1, -0.05) is 0 Å². The maximum absolute atomic E-state index is 11.1. The minimum Gasteiger partial charge on any atom is -0.348 e. The summed E-state index contributed by atoms with van der Waals surface area (Å²) in [5, 5.41) is 0. The van der Waals surface area contributed by atoms with Gasteiger partial charge in [-0.05, 0) is 12.8 Å². The molecule has 3 nitrogen and oxygen atoms in total. The average molecular weight is 208 g/mol. The summed E-state index contributed by atoms with van der Waals surface area (Å²) in [5.41, 5.74) is -0.324. The summed E-state index contributed by atoms with van der Waals surface area (Å²) in [5.74, 6) is 2.19. The number of carbonyl (C=O) groups excluding carboxylic acids is 1. The monoisotopic (exact) mass is 208 g/mol. The molecule has 1 saturated heterocycles. The molecule has 0 radical (unpaired) electrons. The van der Waals surface area contributed by atoms with Crippen molar-refractivity contribution in [1.82, 2.24) is 0 Å². The largest absolute Gasteiger partial charge is 0.348 e. The molecule has 1 aliphatic carbocycles. The maximum atomic E-state index is 11.1. The van der Waals surface area contributed by atoms with E-state index in [2.05, 4.69) is 5.92 Å². The van der Waals surface area contributed by atoms with E-state index in [0.29, 0.717) is 19.6 Å². The van der Waals surface area contributed by atoms with E-state index in [1.807, 2.05) is 0 Å². The number of hydrogen-bond donors (Lipinski definition) is 0. The SMILES string of the molecule is C#CCC1(C=O)CCC2(CC1)OCCO2. The zero-order valence-corrected chi connectivity index (χ0v) is 8.83. The fraction of sp³-hybridized carbons (Fsp3) is 0.750. The van der Waals surface area contributed by atoms with Gasteiger partial charge in [0, 0.05) is 24.7 Å². The van der Waals surface area contributed by atoms with Crippen molar-refractivity contribution in [2.75, 3.05) is 13.2 Å². The predicted octanol–water partition coefficient (Wildman–Crippen LogP) is 1.51. The van der Waals surface area contributed by atoms with E-state index in [4.69, 9.17) is 15.9 Å². The molecule has 0 aromatic heterocycles. The topological polar surface area (TPSA) is 35.5 Å². The number of terminal acetylenes is 1. The molecule has 82 valence electrons. The smallest absolute Gasteiger partial charge is 0.168 e. The molecule has 0 N–H and O–H groups in total. The number of ether oxygens (including phenoxy) is 2. The molecule has 1 saturated carbocycles. The first kappa shape index (κ1) is 10.7. The van der Waals surface area contributed by atoms with Crippen molar-refractivity contribution in [2.45, 2.75) is 37.9 Å². The van der Waals surface area contributed by atoms with Gasteiger partial charge in [-0.3, -0.25) is 0 Å². The Morgan fingerprint density at radius 2 is 1.80 bits per heavy atom. The first-order valence-electron chi connectivity index (χ1n) is 5.42. The van der Waals surface area contributed by atoms with E-state index < -0.39 is 5.79 Å². The third kappa shape index (κ3) is 1.92. The van der Waals surface area contributed by atoms with E-state index in [0.717, 1.165) is 32.0 Å². The standard InChI is InChI=1S/C12H16O3/c1-2-3-11(10-13)4-6-12(7-5-11)14-8-9-15-12/h1,10H,3-9H2. The van der Waals surface area contributed by atoms with Gasteiger partial charge in [0.2, 0.25) is 0 Å². The molecular formula is C12H16O3. The quantitative estimate of drug-likeness (QED) is 0.509. The molecule has 2 rings (SSSR count). The Morgan fingerprint density at radius 3 is 2.27 bits per heavy atom. The van der Waals surface area contributed by atoms with Crippen molar-refractivity contribution in [3.8, 4) is 12.3 Å². The number of carbonyl (C=O) groups is 1. The zero-order chi connectivity index (χ0) is 10.8. The number of rotatable bonds is 2. The summed E-state index contributed by atoms with van der Waals surface area (Å²) in [6.07, 6.45) is 9.98. The molecule has 2 fully saturated rings. The van der Waals surface area contributed by atoms with Crippen molar-refractivity contribution in [3.63, 3.8) is 0 Å². The summed E-state index contributed by atoms with van der Waals surface area (Å²) in [6, 6.07) is 0. The van der Waals surface area contributed by atoms with Crippen molar-refractivity contribution < 1.29 is 14.3 Å². The summed E-state index contributed by atoms with van der Waals surface area (Å²) in [4.78, 5) is 11.1. The van der Waals surface area contributed by atoms with Crippen LogP contribution in [0.3, 0.4) is 0 Å². The lowest BCUT2D eigenvalue weighted by atomic mass is 9.71. The van der Waals surface area contributed by atoms with Gasteiger partial charge in [0.1, 0.15) is 6.29 Å². The Labute approximate surface area is 90.1 Å². The molecule has 3 heteroatoms. The van der Waals surface area contributed by atoms with Gasteiger partial charge in [0.15, 0.2) is 5.79 Å². The van der Waals surface area contributed by atoms with E-state index in [1.165, 1.54) is 0 Å². The average Bonchev–Trinajstić information content (AvgIpc) is 2.72. The molecule has 15 heavy (non-hydrogen) atoms. The van der Waals surface area contributed by atoms with Crippen molar-refractivity contribution in [3.05, 3.63) is 0 Å². The van der Waals surface area contributed by atoms with E-state index in [9.17, 15) is 4.79 Å². The van der Waals surface area contributed by atoms with Crippen LogP contribution >= 0.6 is 0 Å². The van der Waals surface area contributed by atoms with Crippen LogP contribution in [0.15, 0.2) is 0 Å². The lowest BCUT2D eigenvalue weighted by Gasteiger charge is -2.39. The molecule has 0 unspecified atom stereocenters. The Balaban J connectivity index is 2.01. The van der Waals surface area contributed by atoms with Gasteiger partial charge in [0.25, 0.3) is 0 Å². The maximum Gasteiger partial charge on any atom is 0.168 e. The van der Waals surface area contributed by atoms with Gasteiger partial charge in [-0.15, -0.1) is 12.3 Å². The van der Waals surface area contributed by atoms with Gasteiger partial charge >= 0.3 is 0 Å². The molecule has 1 aliphatic heterocycles. The van der Waals surface area contributed by atoms with Crippen molar-refractivity contribution >= 4 is 6.29 Å². The molecule has 1 heterocycles. The van der Waals surface area contributed by atoms with Gasteiger partial charge in [-0.25, -0.2) is 0 Å². The lowest BCUT2D eigenvalue weighted by molar-refractivity contribution is -0.190. The van der Waals surface area contributed by atoms with Gasteiger partial charge < -0.3 is 14.3 Å². The second-order valence-electron chi connectivity index (χ2n) is 4.47. The Kier molecular flexibility index (Phi) is 2.81. The summed E-state index contributed by atoms with van der Waals surface area (Å²) in [7, 11) is 0. The summed E-state index contributed by atoms with van der Waals surface area (Å²) in [6.45, 7) is 1.34. The van der Waals surface area contributed by atoms with Gasteiger partial charge in [-0.2, -0.15) is 0 Å². The molecule has 0 amide bonds.